The number of rotatable bonds is 5. The van der Waals surface area contributed by atoms with Crippen molar-refractivity contribution in [2.75, 3.05) is 13.7 Å². The van der Waals surface area contributed by atoms with Crippen molar-refractivity contribution in [3.63, 3.8) is 0 Å². The second-order valence-corrected chi connectivity index (χ2v) is 5.49. The van der Waals surface area contributed by atoms with Crippen molar-refractivity contribution < 1.29 is 24.1 Å². The SMILES string of the molecule is COC(=O)/C=C/C1C[C@]2(CO)O[C@@H](CCC#N)CCC2O1. The van der Waals surface area contributed by atoms with E-state index in [4.69, 9.17) is 14.7 Å². The van der Waals surface area contributed by atoms with Crippen LogP contribution in [-0.2, 0) is 19.0 Å². The normalized spacial score (nSPS) is 35.4. The fourth-order valence-electron chi connectivity index (χ4n) is 3.04. The first-order chi connectivity index (χ1) is 10.1. The lowest BCUT2D eigenvalue weighted by Gasteiger charge is -2.40. The molecule has 6 nitrogen and oxygen atoms in total. The van der Waals surface area contributed by atoms with E-state index in [1.54, 1.807) is 6.08 Å². The van der Waals surface area contributed by atoms with Crippen molar-refractivity contribution in [1.29, 1.82) is 5.26 Å². The van der Waals surface area contributed by atoms with E-state index in [9.17, 15) is 9.90 Å². The van der Waals surface area contributed by atoms with Crippen LogP contribution in [0.4, 0.5) is 0 Å². The zero-order chi connectivity index (χ0) is 15.3. The summed E-state index contributed by atoms with van der Waals surface area (Å²) in [5, 5.41) is 18.4. The third-order valence-electron chi connectivity index (χ3n) is 4.12. The second kappa shape index (κ2) is 7.03. The molecule has 2 saturated heterocycles. The van der Waals surface area contributed by atoms with Gasteiger partial charge in [0.2, 0.25) is 0 Å². The van der Waals surface area contributed by atoms with E-state index in [0.717, 1.165) is 12.8 Å². The Kier molecular flexibility index (Phi) is 5.34. The molecule has 0 aliphatic carbocycles. The highest BCUT2D eigenvalue weighted by atomic mass is 16.6. The molecule has 2 fully saturated rings. The number of ether oxygens (including phenoxy) is 3. The lowest BCUT2D eigenvalue weighted by atomic mass is 9.86. The van der Waals surface area contributed by atoms with Crippen LogP contribution >= 0.6 is 0 Å². The molecule has 6 heteroatoms. The molecule has 0 saturated carbocycles. The molecule has 0 spiro atoms. The van der Waals surface area contributed by atoms with Gasteiger partial charge in [-0.1, -0.05) is 0 Å². The second-order valence-electron chi connectivity index (χ2n) is 5.49. The Morgan fingerprint density at radius 3 is 3.05 bits per heavy atom. The number of hydrogen-bond acceptors (Lipinski definition) is 6. The van der Waals surface area contributed by atoms with Crippen LogP contribution in [0.2, 0.25) is 0 Å². The van der Waals surface area contributed by atoms with Gasteiger partial charge in [0.25, 0.3) is 0 Å². The zero-order valence-electron chi connectivity index (χ0n) is 12.2. The first-order valence-electron chi connectivity index (χ1n) is 7.21. The van der Waals surface area contributed by atoms with Crippen molar-refractivity contribution in [2.24, 2.45) is 0 Å². The van der Waals surface area contributed by atoms with Crippen LogP contribution in [0.25, 0.3) is 0 Å². The van der Waals surface area contributed by atoms with Crippen LogP contribution in [-0.4, -0.2) is 48.7 Å². The lowest BCUT2D eigenvalue weighted by Crippen LogP contribution is -2.51. The van der Waals surface area contributed by atoms with Gasteiger partial charge in [0.1, 0.15) is 5.60 Å². The molecule has 0 aromatic carbocycles. The smallest absolute Gasteiger partial charge is 0.330 e. The maximum absolute atomic E-state index is 11.1. The highest BCUT2D eigenvalue weighted by Crippen LogP contribution is 2.42. The van der Waals surface area contributed by atoms with Gasteiger partial charge in [0, 0.05) is 18.9 Å². The topological polar surface area (TPSA) is 88.8 Å². The number of esters is 1. The van der Waals surface area contributed by atoms with Crippen LogP contribution in [0.3, 0.4) is 0 Å². The summed E-state index contributed by atoms with van der Waals surface area (Å²) in [5.41, 5.74) is -0.719. The molecule has 2 aliphatic rings. The van der Waals surface area contributed by atoms with Gasteiger partial charge in [-0.2, -0.15) is 5.26 Å². The summed E-state index contributed by atoms with van der Waals surface area (Å²) < 4.78 is 16.4. The van der Waals surface area contributed by atoms with Gasteiger partial charge in [0.05, 0.1) is 38.1 Å². The number of fused-ring (bicyclic) bond motifs is 1. The number of aliphatic hydroxyl groups is 1. The fourth-order valence-corrected chi connectivity index (χ4v) is 3.04. The molecule has 0 amide bonds. The van der Waals surface area contributed by atoms with Crippen molar-refractivity contribution >= 4 is 5.97 Å². The third-order valence-corrected chi connectivity index (χ3v) is 4.12. The molecule has 2 unspecified atom stereocenters. The molecule has 0 bridgehead atoms. The van der Waals surface area contributed by atoms with E-state index < -0.39 is 11.6 Å². The van der Waals surface area contributed by atoms with Crippen molar-refractivity contribution in [3.8, 4) is 6.07 Å². The summed E-state index contributed by atoms with van der Waals surface area (Å²) in [6.07, 6.45) is 5.77. The van der Waals surface area contributed by atoms with Crippen molar-refractivity contribution in [2.45, 2.75) is 56.0 Å². The first-order valence-corrected chi connectivity index (χ1v) is 7.21. The fraction of sp³-hybridized carbons (Fsp3) is 0.733. The van der Waals surface area contributed by atoms with Crippen LogP contribution in [0.1, 0.15) is 32.1 Å². The quantitative estimate of drug-likeness (QED) is 0.603. The summed E-state index contributed by atoms with van der Waals surface area (Å²) in [6, 6.07) is 2.12. The predicted octanol–water partition coefficient (Wildman–Crippen LogP) is 1.09. The summed E-state index contributed by atoms with van der Waals surface area (Å²) >= 11 is 0. The molecule has 21 heavy (non-hydrogen) atoms. The number of carbonyl (C=O) groups is 1. The molecule has 0 aromatic rings. The van der Waals surface area contributed by atoms with Gasteiger partial charge < -0.3 is 19.3 Å². The molecular formula is C15H21NO5. The minimum atomic E-state index is -0.719. The Balaban J connectivity index is 2.00. The zero-order valence-corrected chi connectivity index (χ0v) is 12.2. The highest BCUT2D eigenvalue weighted by molar-refractivity contribution is 5.81. The maximum atomic E-state index is 11.1. The van der Waals surface area contributed by atoms with Gasteiger partial charge in [0.15, 0.2) is 0 Å². The Labute approximate surface area is 124 Å². The summed E-state index contributed by atoms with van der Waals surface area (Å²) in [7, 11) is 1.32. The maximum Gasteiger partial charge on any atom is 0.330 e. The Hall–Kier alpha value is -1.42. The molecule has 2 aliphatic heterocycles. The minimum Gasteiger partial charge on any atom is -0.466 e. The van der Waals surface area contributed by atoms with E-state index in [0.29, 0.717) is 19.3 Å². The summed E-state index contributed by atoms with van der Waals surface area (Å²) in [4.78, 5) is 11.1. The summed E-state index contributed by atoms with van der Waals surface area (Å²) in [6.45, 7) is -0.122. The van der Waals surface area contributed by atoms with Gasteiger partial charge in [-0.25, -0.2) is 4.79 Å². The molecule has 0 aromatic heterocycles. The number of nitriles is 1. The van der Waals surface area contributed by atoms with Gasteiger partial charge in [-0.3, -0.25) is 0 Å². The summed E-state index contributed by atoms with van der Waals surface area (Å²) in [5.74, 6) is -0.431. The van der Waals surface area contributed by atoms with Crippen LogP contribution < -0.4 is 0 Å². The number of methoxy groups -OCH3 is 1. The number of hydrogen-bond donors (Lipinski definition) is 1. The largest absolute Gasteiger partial charge is 0.466 e. The minimum absolute atomic E-state index is 0.0139. The van der Waals surface area contributed by atoms with Crippen molar-refractivity contribution in [1.82, 2.24) is 0 Å². The van der Waals surface area contributed by atoms with Gasteiger partial charge in [-0.15, -0.1) is 0 Å². The average Bonchev–Trinajstić information content (AvgIpc) is 2.88. The molecule has 0 radical (unpaired) electrons. The molecule has 4 atom stereocenters. The molecular weight excluding hydrogens is 274 g/mol. The Morgan fingerprint density at radius 1 is 1.57 bits per heavy atom. The number of aliphatic hydroxyl groups excluding tert-OH is 1. The predicted molar refractivity (Wildman–Crippen MR) is 73.2 cm³/mol. The Morgan fingerprint density at radius 2 is 2.38 bits per heavy atom. The number of nitrogens with zero attached hydrogens (tertiary/aromatic N) is 1. The monoisotopic (exact) mass is 295 g/mol. The van der Waals surface area contributed by atoms with E-state index in [1.807, 2.05) is 0 Å². The van der Waals surface area contributed by atoms with E-state index in [-0.39, 0.29) is 24.9 Å². The van der Waals surface area contributed by atoms with E-state index >= 15 is 0 Å². The van der Waals surface area contributed by atoms with Crippen LogP contribution in [0.15, 0.2) is 12.2 Å². The van der Waals surface area contributed by atoms with E-state index in [2.05, 4.69) is 10.8 Å². The standard InChI is InChI=1S/C15H21NO5/c1-19-14(18)7-5-12-9-15(10-17)13(20-12)6-4-11(21-15)3-2-8-16/h5,7,11-13,17H,2-4,6,9-10H2,1H3/b7-5+/t11-,12?,13?,15+/m0/s1. The highest BCUT2D eigenvalue weighted by Gasteiger charge is 2.52. The Bertz CT molecular complexity index is 444. The lowest BCUT2D eigenvalue weighted by molar-refractivity contribution is -0.182. The molecule has 2 heterocycles. The molecule has 116 valence electrons. The van der Waals surface area contributed by atoms with Gasteiger partial charge in [-0.05, 0) is 25.3 Å². The van der Waals surface area contributed by atoms with Crippen LogP contribution in [0.5, 0.6) is 0 Å². The first kappa shape index (κ1) is 16.0. The van der Waals surface area contributed by atoms with E-state index in [1.165, 1.54) is 13.2 Å². The molecule has 1 N–H and O–H groups in total. The number of carbonyl (C=O) groups excluding carboxylic acids is 1. The third kappa shape index (κ3) is 3.62. The van der Waals surface area contributed by atoms with Gasteiger partial charge >= 0.3 is 5.97 Å². The molecule has 2 rings (SSSR count). The average molecular weight is 295 g/mol. The van der Waals surface area contributed by atoms with Crippen molar-refractivity contribution in [3.05, 3.63) is 12.2 Å². The van der Waals surface area contributed by atoms with Crippen LogP contribution in [0, 0.1) is 11.3 Å².